The van der Waals surface area contributed by atoms with Gasteiger partial charge in [-0.3, -0.25) is 4.79 Å². The van der Waals surface area contributed by atoms with Crippen molar-refractivity contribution in [3.63, 3.8) is 0 Å². The molecule has 2 aromatic carbocycles. The Hall–Kier alpha value is -1.81. The summed E-state index contributed by atoms with van der Waals surface area (Å²) in [6.45, 7) is 1.93. The van der Waals surface area contributed by atoms with Crippen LogP contribution in [0.15, 0.2) is 46.9 Å². The second-order valence-corrected chi connectivity index (χ2v) is 4.94. The van der Waals surface area contributed by atoms with Crippen molar-refractivity contribution >= 4 is 27.5 Å². The van der Waals surface area contributed by atoms with E-state index in [1.165, 1.54) is 6.07 Å². The van der Waals surface area contributed by atoms with Gasteiger partial charge in [0.05, 0.1) is 0 Å². The van der Waals surface area contributed by atoms with Gasteiger partial charge in [-0.25, -0.2) is 0 Å². The summed E-state index contributed by atoms with van der Waals surface area (Å²) in [4.78, 5) is 12.0. The normalized spacial score (nSPS) is 10.1. The Morgan fingerprint density at radius 3 is 2.67 bits per heavy atom. The summed E-state index contributed by atoms with van der Waals surface area (Å²) >= 11 is 3.36. The van der Waals surface area contributed by atoms with Gasteiger partial charge in [0.2, 0.25) is 0 Å². The zero-order chi connectivity index (χ0) is 13.1. The largest absolute Gasteiger partial charge is 0.508 e. The maximum absolute atomic E-state index is 12.0. The van der Waals surface area contributed by atoms with Crippen molar-refractivity contribution < 1.29 is 9.90 Å². The highest BCUT2D eigenvalue weighted by Gasteiger charge is 2.07. The number of halogens is 1. The average molecular weight is 306 g/mol. The standard InChI is InChI=1S/C14H12BrNO2/c1-9-5-10(7-11(15)6-9)14(18)16-12-3-2-4-13(17)8-12/h2-8,17H,1H3,(H,16,18). The fraction of sp³-hybridized carbons (Fsp3) is 0.0714. The molecule has 0 aliphatic heterocycles. The van der Waals surface area contributed by atoms with Gasteiger partial charge in [0.25, 0.3) is 5.91 Å². The Bertz CT molecular complexity index is 576. The van der Waals surface area contributed by atoms with E-state index >= 15 is 0 Å². The van der Waals surface area contributed by atoms with Crippen LogP contribution in [0.2, 0.25) is 0 Å². The predicted octanol–water partition coefficient (Wildman–Crippen LogP) is 3.72. The van der Waals surface area contributed by atoms with Gasteiger partial charge in [0, 0.05) is 21.8 Å². The van der Waals surface area contributed by atoms with E-state index in [4.69, 9.17) is 0 Å². The fourth-order valence-corrected chi connectivity index (χ4v) is 2.26. The van der Waals surface area contributed by atoms with E-state index in [-0.39, 0.29) is 11.7 Å². The fourth-order valence-electron chi connectivity index (χ4n) is 1.65. The zero-order valence-corrected chi connectivity index (χ0v) is 11.4. The highest BCUT2D eigenvalue weighted by atomic mass is 79.9. The lowest BCUT2D eigenvalue weighted by atomic mass is 10.1. The second kappa shape index (κ2) is 5.23. The molecular formula is C14H12BrNO2. The van der Waals surface area contributed by atoms with Crippen molar-refractivity contribution in [3.8, 4) is 5.75 Å². The number of hydrogen-bond acceptors (Lipinski definition) is 2. The van der Waals surface area contributed by atoms with Gasteiger partial charge in [0.1, 0.15) is 5.75 Å². The number of rotatable bonds is 2. The molecule has 92 valence electrons. The molecule has 0 aliphatic rings. The van der Waals surface area contributed by atoms with Crippen molar-refractivity contribution in [3.05, 3.63) is 58.1 Å². The number of anilines is 1. The summed E-state index contributed by atoms with van der Waals surface area (Å²) in [7, 11) is 0. The summed E-state index contributed by atoms with van der Waals surface area (Å²) in [5.41, 5.74) is 2.15. The Kier molecular flexibility index (Phi) is 3.67. The number of carbonyl (C=O) groups is 1. The van der Waals surface area contributed by atoms with Crippen LogP contribution in [0.4, 0.5) is 5.69 Å². The molecule has 3 nitrogen and oxygen atoms in total. The lowest BCUT2D eigenvalue weighted by molar-refractivity contribution is 0.102. The number of nitrogens with one attached hydrogen (secondary N) is 1. The first-order chi connectivity index (χ1) is 8.54. The van der Waals surface area contributed by atoms with E-state index in [1.54, 1.807) is 24.3 Å². The lowest BCUT2D eigenvalue weighted by Crippen LogP contribution is -2.11. The molecule has 1 amide bonds. The van der Waals surface area contributed by atoms with Gasteiger partial charge in [-0.1, -0.05) is 22.0 Å². The van der Waals surface area contributed by atoms with Crippen LogP contribution in [0.1, 0.15) is 15.9 Å². The first-order valence-electron chi connectivity index (χ1n) is 5.42. The summed E-state index contributed by atoms with van der Waals surface area (Å²) in [6.07, 6.45) is 0. The monoisotopic (exact) mass is 305 g/mol. The van der Waals surface area contributed by atoms with E-state index in [2.05, 4.69) is 21.2 Å². The Morgan fingerprint density at radius 1 is 1.22 bits per heavy atom. The molecule has 0 fully saturated rings. The molecule has 2 N–H and O–H groups in total. The molecule has 2 aromatic rings. The van der Waals surface area contributed by atoms with Crippen molar-refractivity contribution in [2.24, 2.45) is 0 Å². The third-order valence-corrected chi connectivity index (χ3v) is 2.87. The van der Waals surface area contributed by atoms with Gasteiger partial charge in [-0.05, 0) is 42.8 Å². The smallest absolute Gasteiger partial charge is 0.255 e. The van der Waals surface area contributed by atoms with Crippen LogP contribution in [0.25, 0.3) is 0 Å². The first kappa shape index (κ1) is 12.6. The van der Waals surface area contributed by atoms with E-state index in [0.717, 1.165) is 10.0 Å². The van der Waals surface area contributed by atoms with Crippen molar-refractivity contribution in [2.75, 3.05) is 5.32 Å². The SMILES string of the molecule is Cc1cc(Br)cc(C(=O)Nc2cccc(O)c2)c1. The van der Waals surface area contributed by atoms with E-state index < -0.39 is 0 Å². The number of hydrogen-bond donors (Lipinski definition) is 2. The Balaban J connectivity index is 2.22. The van der Waals surface area contributed by atoms with Crippen LogP contribution >= 0.6 is 15.9 Å². The van der Waals surface area contributed by atoms with E-state index in [9.17, 15) is 9.90 Å². The van der Waals surface area contributed by atoms with E-state index in [1.807, 2.05) is 19.1 Å². The van der Waals surface area contributed by atoms with Gasteiger partial charge in [0.15, 0.2) is 0 Å². The lowest BCUT2D eigenvalue weighted by Gasteiger charge is -2.07. The number of carbonyl (C=O) groups excluding carboxylic acids is 1. The summed E-state index contributed by atoms with van der Waals surface area (Å²) in [5, 5.41) is 12.1. The van der Waals surface area contributed by atoms with Crippen LogP contribution in [0, 0.1) is 6.92 Å². The maximum Gasteiger partial charge on any atom is 0.255 e. The number of aryl methyl sites for hydroxylation is 1. The molecule has 0 aliphatic carbocycles. The minimum atomic E-state index is -0.204. The number of phenols is 1. The molecule has 0 spiro atoms. The molecule has 4 heteroatoms. The second-order valence-electron chi connectivity index (χ2n) is 4.02. The minimum Gasteiger partial charge on any atom is -0.508 e. The van der Waals surface area contributed by atoms with Gasteiger partial charge >= 0.3 is 0 Å². The average Bonchev–Trinajstić information content (AvgIpc) is 2.27. The molecule has 0 atom stereocenters. The summed E-state index contributed by atoms with van der Waals surface area (Å²) < 4.78 is 0.864. The topological polar surface area (TPSA) is 49.3 Å². The number of phenolic OH excluding ortho intramolecular Hbond substituents is 1. The summed E-state index contributed by atoms with van der Waals surface area (Å²) in [5.74, 6) is -0.0803. The van der Waals surface area contributed by atoms with E-state index in [0.29, 0.717) is 11.3 Å². The molecule has 0 unspecified atom stereocenters. The van der Waals surface area contributed by atoms with Crippen molar-refractivity contribution in [2.45, 2.75) is 6.92 Å². The van der Waals surface area contributed by atoms with Crippen LogP contribution in [-0.2, 0) is 0 Å². The molecular weight excluding hydrogens is 294 g/mol. The zero-order valence-electron chi connectivity index (χ0n) is 9.77. The minimum absolute atomic E-state index is 0.123. The van der Waals surface area contributed by atoms with Crippen LogP contribution < -0.4 is 5.32 Å². The van der Waals surface area contributed by atoms with Gasteiger partial charge < -0.3 is 10.4 Å². The van der Waals surface area contributed by atoms with Crippen LogP contribution in [0.3, 0.4) is 0 Å². The maximum atomic E-state index is 12.0. The van der Waals surface area contributed by atoms with Gasteiger partial charge in [-0.15, -0.1) is 0 Å². The first-order valence-corrected chi connectivity index (χ1v) is 6.21. The number of benzene rings is 2. The highest BCUT2D eigenvalue weighted by Crippen LogP contribution is 2.19. The molecule has 0 saturated carbocycles. The summed E-state index contributed by atoms with van der Waals surface area (Å²) in [6, 6.07) is 12.0. The molecule has 2 rings (SSSR count). The van der Waals surface area contributed by atoms with Crippen molar-refractivity contribution in [1.82, 2.24) is 0 Å². The van der Waals surface area contributed by atoms with Crippen molar-refractivity contribution in [1.29, 1.82) is 0 Å². The third kappa shape index (κ3) is 3.11. The number of amides is 1. The molecule has 0 aromatic heterocycles. The Morgan fingerprint density at radius 2 is 2.00 bits per heavy atom. The Labute approximate surface area is 114 Å². The molecule has 0 bridgehead atoms. The molecule has 0 radical (unpaired) electrons. The highest BCUT2D eigenvalue weighted by molar-refractivity contribution is 9.10. The molecule has 0 heterocycles. The third-order valence-electron chi connectivity index (χ3n) is 2.41. The quantitative estimate of drug-likeness (QED) is 0.888. The van der Waals surface area contributed by atoms with Crippen LogP contribution in [0.5, 0.6) is 5.75 Å². The van der Waals surface area contributed by atoms with Gasteiger partial charge in [-0.2, -0.15) is 0 Å². The van der Waals surface area contributed by atoms with Crippen LogP contribution in [-0.4, -0.2) is 11.0 Å². The number of aromatic hydroxyl groups is 1. The molecule has 0 saturated heterocycles. The predicted molar refractivity (Wildman–Crippen MR) is 74.9 cm³/mol. The molecule has 18 heavy (non-hydrogen) atoms.